The molecule has 0 saturated carbocycles. The number of aliphatic imine (C=N–C) groups is 1. The van der Waals surface area contributed by atoms with E-state index in [1.54, 1.807) is 23.4 Å². The normalized spacial score (nSPS) is 16.7. The van der Waals surface area contributed by atoms with Crippen LogP contribution in [0.1, 0.15) is 51.4 Å². The molecule has 1 atom stereocenters. The molecule has 0 aliphatic carbocycles. The molecule has 0 radical (unpaired) electrons. The topological polar surface area (TPSA) is 92.3 Å². The summed E-state index contributed by atoms with van der Waals surface area (Å²) in [6.07, 6.45) is 8.27. The molecular formula is C24H30I2N6O3. The highest BCUT2D eigenvalue weighted by Gasteiger charge is 2.27. The Morgan fingerprint density at radius 2 is 2.06 bits per heavy atom. The Morgan fingerprint density at radius 3 is 2.66 bits per heavy atom. The van der Waals surface area contributed by atoms with Crippen LogP contribution in [0.2, 0.25) is 0 Å². The molecule has 1 aliphatic rings. The van der Waals surface area contributed by atoms with E-state index < -0.39 is 0 Å². The van der Waals surface area contributed by atoms with Gasteiger partial charge in [-0.2, -0.15) is 5.10 Å². The van der Waals surface area contributed by atoms with E-state index in [9.17, 15) is 14.4 Å². The van der Waals surface area contributed by atoms with Gasteiger partial charge in [-0.25, -0.2) is 7.80 Å². The fourth-order valence-electron chi connectivity index (χ4n) is 3.93. The van der Waals surface area contributed by atoms with Crippen molar-refractivity contribution in [2.24, 2.45) is 10.9 Å². The van der Waals surface area contributed by atoms with Gasteiger partial charge in [-0.1, -0.05) is 19.4 Å². The van der Waals surface area contributed by atoms with Gasteiger partial charge in [0.2, 0.25) is 5.91 Å². The number of halogens is 2. The predicted molar refractivity (Wildman–Crippen MR) is 154 cm³/mol. The highest BCUT2D eigenvalue weighted by molar-refractivity contribution is 14.1. The molecule has 11 heteroatoms. The van der Waals surface area contributed by atoms with Crippen LogP contribution in [0.15, 0.2) is 43.6 Å². The van der Waals surface area contributed by atoms with E-state index in [0.29, 0.717) is 27.9 Å². The van der Waals surface area contributed by atoms with Crippen LogP contribution < -0.4 is 5.56 Å². The van der Waals surface area contributed by atoms with Gasteiger partial charge in [0.25, 0.3) is 11.5 Å². The van der Waals surface area contributed by atoms with E-state index >= 15 is 0 Å². The lowest BCUT2D eigenvalue weighted by Crippen LogP contribution is -2.33. The lowest BCUT2D eigenvalue weighted by atomic mass is 10.0. The third kappa shape index (κ3) is 6.80. The first-order chi connectivity index (χ1) is 16.5. The van der Waals surface area contributed by atoms with E-state index in [2.05, 4.69) is 32.7 Å². The van der Waals surface area contributed by atoms with Gasteiger partial charge in [-0.05, 0) is 66.5 Å². The Hall–Kier alpha value is -2.03. The van der Waals surface area contributed by atoms with E-state index in [1.165, 1.54) is 7.80 Å². The van der Waals surface area contributed by atoms with Gasteiger partial charge < -0.3 is 4.90 Å². The third-order valence-corrected chi connectivity index (χ3v) is 8.41. The number of carbonyl (C=O) groups excluding carboxylic acids is 2. The summed E-state index contributed by atoms with van der Waals surface area (Å²) in [5.41, 5.74) is 2.24. The number of likely N-dealkylation sites (tertiary alicyclic amines) is 1. The van der Waals surface area contributed by atoms with Crippen LogP contribution in [-0.2, 0) is 22.6 Å². The maximum absolute atomic E-state index is 13.3. The minimum atomic E-state index is -0.317. The average molecular weight is 704 g/mol. The van der Waals surface area contributed by atoms with E-state index in [0.717, 1.165) is 17.7 Å². The summed E-state index contributed by atoms with van der Waals surface area (Å²) in [4.78, 5) is 44.0. The van der Waals surface area contributed by atoms with Crippen LogP contribution in [0.5, 0.6) is 0 Å². The second kappa shape index (κ2) is 11.8. The minimum Gasteiger partial charge on any atom is -0.345 e. The number of amides is 2. The molecule has 188 valence electrons. The summed E-state index contributed by atoms with van der Waals surface area (Å²) in [6.45, 7) is 8.46. The molecule has 3 rings (SSSR count). The van der Waals surface area contributed by atoms with Gasteiger partial charge in [-0.3, -0.25) is 23.8 Å². The number of hydrogen-bond donors (Lipinski definition) is 0. The first-order valence-electron chi connectivity index (χ1n) is 11.3. The number of fused-ring (bicyclic) bond motifs is 1. The molecule has 1 saturated heterocycles. The van der Waals surface area contributed by atoms with Crippen LogP contribution in [0.25, 0.3) is 5.52 Å². The summed E-state index contributed by atoms with van der Waals surface area (Å²) >= 11 is 3.98. The molecule has 35 heavy (non-hydrogen) atoms. The quantitative estimate of drug-likeness (QED) is 0.179. The number of aromatic nitrogens is 3. The summed E-state index contributed by atoms with van der Waals surface area (Å²) in [7, 11) is 1.82. The fourth-order valence-corrected chi connectivity index (χ4v) is 4.68. The lowest BCUT2D eigenvalue weighted by Gasteiger charge is -2.16. The van der Waals surface area contributed by atoms with Crippen LogP contribution >= 0.6 is 45.5 Å². The van der Waals surface area contributed by atoms with Crippen LogP contribution in [0, 0.1) is 5.92 Å². The van der Waals surface area contributed by atoms with Gasteiger partial charge in [0.15, 0.2) is 0 Å². The molecule has 1 fully saturated rings. The summed E-state index contributed by atoms with van der Waals surface area (Å²) in [6, 6.07) is 1.87. The molecule has 0 aromatic carbocycles. The van der Waals surface area contributed by atoms with Crippen LogP contribution in [-0.4, -0.2) is 53.8 Å². The van der Waals surface area contributed by atoms with Gasteiger partial charge in [-0.15, -0.1) is 0 Å². The molecule has 1 unspecified atom stereocenters. The van der Waals surface area contributed by atoms with Crippen molar-refractivity contribution < 1.29 is 9.59 Å². The maximum atomic E-state index is 13.3. The first kappa shape index (κ1) is 27.6. The Kier molecular flexibility index (Phi) is 9.29. The molecule has 0 spiro atoms. The zero-order chi connectivity index (χ0) is 25.9. The second-order valence-electron chi connectivity index (χ2n) is 9.30. The van der Waals surface area contributed by atoms with Crippen molar-refractivity contribution >= 4 is 69.0 Å². The minimum absolute atomic E-state index is 0.0425. The smallest absolute Gasteiger partial charge is 0.291 e. The van der Waals surface area contributed by atoms with Crippen molar-refractivity contribution in [1.82, 2.24) is 22.2 Å². The van der Waals surface area contributed by atoms with Gasteiger partial charge in [0, 0.05) is 44.5 Å². The number of rotatable bonds is 8. The summed E-state index contributed by atoms with van der Waals surface area (Å²) < 4.78 is 5.20. The number of allylic oxidation sites excluding steroid dienone is 2. The molecule has 2 amide bonds. The van der Waals surface area contributed by atoms with Crippen molar-refractivity contribution in [3.05, 3.63) is 55.6 Å². The summed E-state index contributed by atoms with van der Waals surface area (Å²) in [5, 5.41) is 4.54. The number of carbonyl (C=O) groups is 2. The molecule has 1 aliphatic heterocycles. The highest BCUT2D eigenvalue weighted by atomic mass is 127. The zero-order valence-corrected chi connectivity index (χ0v) is 24.8. The molecule has 2 aromatic rings. The maximum Gasteiger partial charge on any atom is 0.291 e. The van der Waals surface area contributed by atoms with E-state index in [-0.39, 0.29) is 35.8 Å². The Labute approximate surface area is 232 Å². The van der Waals surface area contributed by atoms with Gasteiger partial charge in [0.05, 0.1) is 26.6 Å². The second-order valence-corrected chi connectivity index (χ2v) is 11.4. The van der Waals surface area contributed by atoms with E-state index in [4.69, 9.17) is 0 Å². The highest BCUT2D eigenvalue weighted by Crippen LogP contribution is 2.23. The van der Waals surface area contributed by atoms with Crippen molar-refractivity contribution in [3.63, 3.8) is 0 Å². The average Bonchev–Trinajstić information content (AvgIpc) is 3.34. The molecule has 9 nitrogen and oxygen atoms in total. The van der Waals surface area contributed by atoms with E-state index in [1.807, 2.05) is 74.3 Å². The molecule has 0 bridgehead atoms. The molecule has 2 aromatic heterocycles. The van der Waals surface area contributed by atoms with Gasteiger partial charge in [0.1, 0.15) is 17.9 Å². The summed E-state index contributed by atoms with van der Waals surface area (Å²) in [5.74, 6) is 0.860. The van der Waals surface area contributed by atoms with Crippen molar-refractivity contribution in [1.29, 1.82) is 0 Å². The Bertz CT molecular complexity index is 1270. The number of hydrogen-bond acceptors (Lipinski definition) is 5. The number of nitrogens with zero attached hydrogens (tertiary/aromatic N) is 6. The fraction of sp³-hybridized carbons (Fsp3) is 0.458. The van der Waals surface area contributed by atoms with Crippen molar-refractivity contribution in [2.75, 3.05) is 13.6 Å². The largest absolute Gasteiger partial charge is 0.345 e. The SMILES string of the molecule is CC(C)=CN=C/C=C(\I)N(I)C(=O)Cn1nc(C(C)C)n2cc(CC3CC(=O)N(C)C3)cc2c1=O. The Balaban J connectivity index is 1.86. The monoisotopic (exact) mass is 704 g/mol. The zero-order valence-electron chi connectivity index (χ0n) is 20.5. The molecule has 0 N–H and O–H groups in total. The lowest BCUT2D eigenvalue weighted by molar-refractivity contribution is -0.126. The third-order valence-electron chi connectivity index (χ3n) is 5.58. The van der Waals surface area contributed by atoms with Gasteiger partial charge >= 0.3 is 0 Å². The Morgan fingerprint density at radius 1 is 1.34 bits per heavy atom. The standard InChI is InChI=1S/C24H30I2N6O3/c1-15(2)11-27-7-6-20(25)32(26)22(34)14-31-24(35)19-9-17(8-18-10-21(33)29(5)12-18)13-30(19)23(28-31)16(3)4/h6-7,9,11,13,16,18H,8,10,12,14H2,1-5H3/b20-6+,27-7?. The van der Waals surface area contributed by atoms with Crippen molar-refractivity contribution in [3.8, 4) is 0 Å². The predicted octanol–water partition coefficient (Wildman–Crippen LogP) is 4.09. The molecule has 3 heterocycles. The van der Waals surface area contributed by atoms with Crippen LogP contribution in [0.3, 0.4) is 0 Å². The first-order valence-corrected chi connectivity index (χ1v) is 13.4. The van der Waals surface area contributed by atoms with Crippen LogP contribution in [0.4, 0.5) is 0 Å². The molecular weight excluding hydrogens is 674 g/mol. The van der Waals surface area contributed by atoms with Crippen molar-refractivity contribution in [2.45, 2.75) is 53.0 Å².